The van der Waals surface area contributed by atoms with E-state index in [0.29, 0.717) is 5.92 Å². The van der Waals surface area contributed by atoms with Gasteiger partial charge in [-0.3, -0.25) is 4.79 Å². The number of hydrogen-bond acceptors (Lipinski definition) is 3. The molecule has 4 nitrogen and oxygen atoms in total. The van der Waals surface area contributed by atoms with E-state index in [-0.39, 0.29) is 11.9 Å². The first-order valence-corrected chi connectivity index (χ1v) is 5.77. The summed E-state index contributed by atoms with van der Waals surface area (Å²) in [6.07, 6.45) is 2.22. The van der Waals surface area contributed by atoms with Crippen LogP contribution in [0.25, 0.3) is 0 Å². The van der Waals surface area contributed by atoms with Crippen LogP contribution in [0.3, 0.4) is 0 Å². The Balaban J connectivity index is 2.38. The molecule has 1 amide bonds. The fourth-order valence-electron chi connectivity index (χ4n) is 1.97. The van der Waals surface area contributed by atoms with Crippen molar-refractivity contribution in [3.63, 3.8) is 0 Å². The van der Waals surface area contributed by atoms with Crippen molar-refractivity contribution in [3.8, 4) is 0 Å². The van der Waals surface area contributed by atoms with Crippen LogP contribution in [0.1, 0.15) is 26.7 Å². The Morgan fingerprint density at radius 1 is 1.67 bits per heavy atom. The topological polar surface area (TPSA) is 55.6 Å². The van der Waals surface area contributed by atoms with Crippen molar-refractivity contribution in [1.82, 2.24) is 4.90 Å². The van der Waals surface area contributed by atoms with Gasteiger partial charge in [0.1, 0.15) is 0 Å². The number of hydrogen-bond donors (Lipinski definition) is 1. The van der Waals surface area contributed by atoms with Gasteiger partial charge in [0, 0.05) is 19.7 Å². The van der Waals surface area contributed by atoms with E-state index in [2.05, 4.69) is 0 Å². The van der Waals surface area contributed by atoms with Gasteiger partial charge < -0.3 is 15.4 Å². The molecule has 1 aliphatic rings. The first-order chi connectivity index (χ1) is 7.15. The molecule has 88 valence electrons. The van der Waals surface area contributed by atoms with E-state index in [9.17, 15) is 4.79 Å². The zero-order valence-electron chi connectivity index (χ0n) is 9.74. The Morgan fingerprint density at radius 3 is 3.00 bits per heavy atom. The number of rotatable bonds is 4. The zero-order chi connectivity index (χ0) is 11.3. The summed E-state index contributed by atoms with van der Waals surface area (Å²) in [5.74, 6) is 0.553. The lowest BCUT2D eigenvalue weighted by atomic mass is 9.98. The molecule has 1 fully saturated rings. The summed E-state index contributed by atoms with van der Waals surface area (Å²) in [5.41, 5.74) is 5.59. The molecule has 0 radical (unpaired) electrons. The van der Waals surface area contributed by atoms with Crippen molar-refractivity contribution < 1.29 is 9.53 Å². The predicted octanol–water partition coefficient (Wildman–Crippen LogP) is 0.609. The maximum absolute atomic E-state index is 11.7. The SMILES string of the molecule is CCOCC1CCCN(C(=O)C(C)N)C1. The molecule has 2 atom stereocenters. The molecule has 2 unspecified atom stereocenters. The molecule has 1 heterocycles. The highest BCUT2D eigenvalue weighted by molar-refractivity contribution is 5.81. The summed E-state index contributed by atoms with van der Waals surface area (Å²) < 4.78 is 5.39. The van der Waals surface area contributed by atoms with E-state index in [0.717, 1.165) is 39.1 Å². The second-order valence-corrected chi connectivity index (χ2v) is 4.24. The minimum Gasteiger partial charge on any atom is -0.381 e. The molecule has 0 aromatic carbocycles. The Bertz CT molecular complexity index is 207. The highest BCUT2D eigenvalue weighted by Gasteiger charge is 2.25. The van der Waals surface area contributed by atoms with Gasteiger partial charge in [0.2, 0.25) is 5.91 Å². The maximum atomic E-state index is 11.7. The lowest BCUT2D eigenvalue weighted by Gasteiger charge is -2.33. The third-order valence-electron chi connectivity index (χ3n) is 2.78. The van der Waals surface area contributed by atoms with Crippen molar-refractivity contribution in [2.24, 2.45) is 11.7 Å². The van der Waals surface area contributed by atoms with Crippen LogP contribution in [0.4, 0.5) is 0 Å². The zero-order valence-corrected chi connectivity index (χ0v) is 9.74. The van der Waals surface area contributed by atoms with Crippen molar-refractivity contribution in [1.29, 1.82) is 0 Å². The van der Waals surface area contributed by atoms with E-state index in [1.165, 1.54) is 0 Å². The second-order valence-electron chi connectivity index (χ2n) is 4.24. The van der Waals surface area contributed by atoms with Gasteiger partial charge in [-0.25, -0.2) is 0 Å². The number of nitrogens with zero attached hydrogens (tertiary/aromatic N) is 1. The second kappa shape index (κ2) is 6.08. The molecule has 0 saturated carbocycles. The van der Waals surface area contributed by atoms with Crippen LogP contribution in [-0.2, 0) is 9.53 Å². The van der Waals surface area contributed by atoms with Gasteiger partial charge in [-0.2, -0.15) is 0 Å². The van der Waals surface area contributed by atoms with Crippen molar-refractivity contribution in [2.45, 2.75) is 32.7 Å². The number of likely N-dealkylation sites (tertiary alicyclic amines) is 1. The van der Waals surface area contributed by atoms with E-state index < -0.39 is 0 Å². The molecule has 2 N–H and O–H groups in total. The van der Waals surface area contributed by atoms with Gasteiger partial charge in [-0.1, -0.05) is 0 Å². The standard InChI is InChI=1S/C11H22N2O2/c1-3-15-8-10-5-4-6-13(7-10)11(14)9(2)12/h9-10H,3-8,12H2,1-2H3. The Morgan fingerprint density at radius 2 is 2.40 bits per heavy atom. The average Bonchev–Trinajstić information content (AvgIpc) is 2.25. The Kier molecular flexibility index (Phi) is 5.05. The summed E-state index contributed by atoms with van der Waals surface area (Å²) in [4.78, 5) is 13.6. The van der Waals surface area contributed by atoms with Crippen molar-refractivity contribution in [3.05, 3.63) is 0 Å². The summed E-state index contributed by atoms with van der Waals surface area (Å²) >= 11 is 0. The minimum absolute atomic E-state index is 0.0659. The third kappa shape index (κ3) is 3.80. The first-order valence-electron chi connectivity index (χ1n) is 5.77. The molecule has 1 saturated heterocycles. The van der Waals surface area contributed by atoms with Gasteiger partial charge in [0.25, 0.3) is 0 Å². The normalized spacial score (nSPS) is 23.9. The molecular weight excluding hydrogens is 192 g/mol. The molecular formula is C11H22N2O2. The van der Waals surface area contributed by atoms with Crippen LogP contribution < -0.4 is 5.73 Å². The summed E-state index contributed by atoms with van der Waals surface area (Å²) in [6, 6.07) is -0.379. The number of ether oxygens (including phenoxy) is 1. The monoisotopic (exact) mass is 214 g/mol. The third-order valence-corrected chi connectivity index (χ3v) is 2.78. The number of amides is 1. The number of piperidine rings is 1. The van der Waals surface area contributed by atoms with Crippen LogP contribution in [0.15, 0.2) is 0 Å². The Hall–Kier alpha value is -0.610. The van der Waals surface area contributed by atoms with Crippen molar-refractivity contribution in [2.75, 3.05) is 26.3 Å². The highest BCUT2D eigenvalue weighted by Crippen LogP contribution is 2.17. The fraction of sp³-hybridized carbons (Fsp3) is 0.909. The molecule has 1 rings (SSSR count). The fourth-order valence-corrected chi connectivity index (χ4v) is 1.97. The smallest absolute Gasteiger partial charge is 0.239 e. The lowest BCUT2D eigenvalue weighted by Crippen LogP contribution is -2.47. The largest absolute Gasteiger partial charge is 0.381 e. The quantitative estimate of drug-likeness (QED) is 0.746. The van der Waals surface area contributed by atoms with Crippen LogP contribution >= 0.6 is 0 Å². The summed E-state index contributed by atoms with van der Waals surface area (Å²) in [5, 5.41) is 0. The number of nitrogens with two attached hydrogens (primary N) is 1. The molecule has 0 bridgehead atoms. The first kappa shape index (κ1) is 12.5. The van der Waals surface area contributed by atoms with Gasteiger partial charge in [0.15, 0.2) is 0 Å². The van der Waals surface area contributed by atoms with Gasteiger partial charge >= 0.3 is 0 Å². The van der Waals surface area contributed by atoms with E-state index >= 15 is 0 Å². The molecule has 0 aromatic heterocycles. The van der Waals surface area contributed by atoms with E-state index in [1.807, 2.05) is 11.8 Å². The lowest BCUT2D eigenvalue weighted by molar-refractivity contribution is -0.134. The van der Waals surface area contributed by atoms with Crippen molar-refractivity contribution >= 4 is 5.91 Å². The van der Waals surface area contributed by atoms with Crippen LogP contribution in [0.2, 0.25) is 0 Å². The highest BCUT2D eigenvalue weighted by atomic mass is 16.5. The van der Waals surface area contributed by atoms with E-state index in [4.69, 9.17) is 10.5 Å². The van der Waals surface area contributed by atoms with Crippen LogP contribution in [0, 0.1) is 5.92 Å². The average molecular weight is 214 g/mol. The summed E-state index contributed by atoms with van der Waals surface area (Å²) in [7, 11) is 0. The maximum Gasteiger partial charge on any atom is 0.239 e. The number of carbonyl (C=O) groups is 1. The van der Waals surface area contributed by atoms with Gasteiger partial charge in [-0.15, -0.1) is 0 Å². The van der Waals surface area contributed by atoms with Gasteiger partial charge in [0.05, 0.1) is 12.6 Å². The minimum atomic E-state index is -0.379. The molecule has 0 aromatic rings. The molecule has 1 aliphatic heterocycles. The summed E-state index contributed by atoms with van der Waals surface area (Å²) in [6.45, 7) is 6.91. The Labute approximate surface area is 91.8 Å². The van der Waals surface area contributed by atoms with Crippen LogP contribution in [-0.4, -0.2) is 43.2 Å². The van der Waals surface area contributed by atoms with E-state index in [1.54, 1.807) is 6.92 Å². The predicted molar refractivity (Wildman–Crippen MR) is 59.4 cm³/mol. The van der Waals surface area contributed by atoms with Crippen LogP contribution in [0.5, 0.6) is 0 Å². The number of carbonyl (C=O) groups excluding carboxylic acids is 1. The molecule has 0 aliphatic carbocycles. The molecule has 15 heavy (non-hydrogen) atoms. The van der Waals surface area contributed by atoms with Gasteiger partial charge in [-0.05, 0) is 32.6 Å². The molecule has 4 heteroatoms. The molecule has 0 spiro atoms.